The Kier molecular flexibility index (Phi) is 8.69. The van der Waals surface area contributed by atoms with Gasteiger partial charge in [-0.15, -0.1) is 0 Å². The number of unbranched alkanes of at least 4 members (excludes halogenated alkanes) is 1. The Hall–Kier alpha value is 0.240. The van der Waals surface area contributed by atoms with Gasteiger partial charge in [-0.25, -0.2) is 0 Å². The second-order valence-corrected chi connectivity index (χ2v) is 4.93. The molecule has 0 aliphatic rings. The molecule has 2 unspecified atom stereocenters. The lowest BCUT2D eigenvalue weighted by atomic mass is 9.94. The fraction of sp³-hybridized carbons (Fsp3) is 0.909. The van der Waals surface area contributed by atoms with E-state index in [9.17, 15) is 0 Å². The van der Waals surface area contributed by atoms with Gasteiger partial charge in [-0.3, -0.25) is 0 Å². The molecule has 0 heterocycles. The monoisotopic (exact) mass is 234 g/mol. The highest BCUT2D eigenvalue weighted by Gasteiger charge is 2.12. The summed E-state index contributed by atoms with van der Waals surface area (Å²) in [6.45, 7) is 6.54. The smallest absolute Gasteiger partial charge is 0.217 e. The molecule has 1 nitrogen and oxygen atoms in total. The minimum absolute atomic E-state index is 0.210. The third-order valence-corrected chi connectivity index (χ3v) is 2.71. The van der Waals surface area contributed by atoms with Crippen molar-refractivity contribution in [3.05, 3.63) is 0 Å². The summed E-state index contributed by atoms with van der Waals surface area (Å²) in [5.74, 6) is 0.771. The van der Waals surface area contributed by atoms with Crippen LogP contribution in [0.25, 0.3) is 0 Å². The van der Waals surface area contributed by atoms with Crippen molar-refractivity contribution in [3.8, 4) is 0 Å². The highest BCUT2D eigenvalue weighted by atomic mass is 32.1. The zero-order valence-electron chi connectivity index (χ0n) is 9.45. The lowest BCUT2D eigenvalue weighted by molar-refractivity contribution is 0.177. The number of hydrogen-bond donors (Lipinski definition) is 1. The second-order valence-electron chi connectivity index (χ2n) is 3.85. The van der Waals surface area contributed by atoms with Crippen molar-refractivity contribution >= 4 is 29.2 Å². The molecule has 0 radical (unpaired) electrons. The van der Waals surface area contributed by atoms with Gasteiger partial charge in [0.05, 0.1) is 6.10 Å². The van der Waals surface area contributed by atoms with Gasteiger partial charge >= 0.3 is 0 Å². The van der Waals surface area contributed by atoms with Gasteiger partial charge in [0.25, 0.3) is 0 Å². The van der Waals surface area contributed by atoms with Crippen LogP contribution in [0.1, 0.15) is 52.9 Å². The van der Waals surface area contributed by atoms with Crippen LogP contribution in [0.2, 0.25) is 0 Å². The number of ether oxygens (including phenoxy) is 1. The van der Waals surface area contributed by atoms with Gasteiger partial charge in [-0.1, -0.05) is 52.2 Å². The molecule has 0 rings (SSSR count). The number of rotatable bonds is 7. The Bertz CT molecular complexity index is 159. The lowest BCUT2D eigenvalue weighted by Gasteiger charge is -2.19. The van der Waals surface area contributed by atoms with E-state index in [4.69, 9.17) is 17.0 Å². The van der Waals surface area contributed by atoms with E-state index in [2.05, 4.69) is 33.4 Å². The minimum atomic E-state index is 0.210. The standard InChI is InChI=1S/C11H22OS2/c1-4-6-7-10(5-2)8-9(3)12-11(13)14/h9-10H,4-8H2,1-3H3,(H,13,14). The van der Waals surface area contributed by atoms with Crippen molar-refractivity contribution in [1.29, 1.82) is 0 Å². The van der Waals surface area contributed by atoms with E-state index in [0.29, 0.717) is 4.38 Å². The van der Waals surface area contributed by atoms with E-state index in [1.165, 1.54) is 25.7 Å². The molecule has 0 aromatic heterocycles. The average Bonchev–Trinajstić information content (AvgIpc) is 2.10. The minimum Gasteiger partial charge on any atom is -0.476 e. The molecule has 0 fully saturated rings. The normalized spacial score (nSPS) is 14.9. The Morgan fingerprint density at radius 3 is 2.50 bits per heavy atom. The van der Waals surface area contributed by atoms with Crippen LogP contribution < -0.4 is 0 Å². The lowest BCUT2D eigenvalue weighted by Crippen LogP contribution is -2.15. The summed E-state index contributed by atoms with van der Waals surface area (Å²) in [5.41, 5.74) is 0. The second kappa shape index (κ2) is 8.54. The zero-order valence-corrected chi connectivity index (χ0v) is 11.2. The van der Waals surface area contributed by atoms with E-state index in [1.807, 2.05) is 0 Å². The van der Waals surface area contributed by atoms with Gasteiger partial charge in [0.2, 0.25) is 4.38 Å². The predicted octanol–water partition coefficient (Wildman–Crippen LogP) is 4.21. The Morgan fingerprint density at radius 2 is 2.07 bits per heavy atom. The first-order chi connectivity index (χ1) is 6.60. The average molecular weight is 234 g/mol. The molecule has 0 N–H and O–H groups in total. The maximum Gasteiger partial charge on any atom is 0.217 e. The van der Waals surface area contributed by atoms with Crippen LogP contribution in [0.4, 0.5) is 0 Å². The molecule has 0 amide bonds. The molecule has 3 heteroatoms. The van der Waals surface area contributed by atoms with Crippen molar-refractivity contribution in [1.82, 2.24) is 0 Å². The van der Waals surface area contributed by atoms with E-state index < -0.39 is 0 Å². The van der Waals surface area contributed by atoms with Crippen LogP contribution >= 0.6 is 24.8 Å². The van der Waals surface area contributed by atoms with Gasteiger partial charge in [0.15, 0.2) is 0 Å². The molecule has 0 spiro atoms. The molecule has 2 atom stereocenters. The van der Waals surface area contributed by atoms with Gasteiger partial charge < -0.3 is 4.74 Å². The Morgan fingerprint density at radius 1 is 1.43 bits per heavy atom. The van der Waals surface area contributed by atoms with Gasteiger partial charge in [-0.2, -0.15) is 0 Å². The van der Waals surface area contributed by atoms with Crippen molar-refractivity contribution in [2.24, 2.45) is 5.92 Å². The van der Waals surface area contributed by atoms with Crippen molar-refractivity contribution in [2.75, 3.05) is 0 Å². The fourth-order valence-electron chi connectivity index (χ4n) is 1.67. The fourth-order valence-corrected chi connectivity index (χ4v) is 2.02. The summed E-state index contributed by atoms with van der Waals surface area (Å²) in [5, 5.41) is 0. The van der Waals surface area contributed by atoms with Crippen molar-refractivity contribution < 1.29 is 4.74 Å². The summed E-state index contributed by atoms with van der Waals surface area (Å²) < 4.78 is 5.72. The quantitative estimate of drug-likeness (QED) is 0.522. The predicted molar refractivity (Wildman–Crippen MR) is 70.1 cm³/mol. The van der Waals surface area contributed by atoms with E-state index in [-0.39, 0.29) is 6.10 Å². The summed E-state index contributed by atoms with van der Waals surface area (Å²) in [7, 11) is 0. The molecule has 0 aromatic rings. The molecular weight excluding hydrogens is 212 g/mol. The SMILES string of the molecule is CCCCC(CC)CC(C)OC(=S)S. The number of thiocarbonyl (C=S) groups is 1. The Labute approximate surface area is 99.0 Å². The summed E-state index contributed by atoms with van der Waals surface area (Å²) in [4.78, 5) is 0. The highest BCUT2D eigenvalue weighted by Crippen LogP contribution is 2.20. The van der Waals surface area contributed by atoms with Crippen LogP contribution in [-0.4, -0.2) is 10.5 Å². The zero-order chi connectivity index (χ0) is 11.0. The van der Waals surface area contributed by atoms with Crippen LogP contribution in [0, 0.1) is 5.92 Å². The maximum absolute atomic E-state index is 5.36. The van der Waals surface area contributed by atoms with Gasteiger partial charge in [0.1, 0.15) is 0 Å². The molecule has 0 aliphatic carbocycles. The highest BCUT2D eigenvalue weighted by molar-refractivity contribution is 8.10. The molecule has 0 aromatic carbocycles. The first-order valence-electron chi connectivity index (χ1n) is 5.49. The summed E-state index contributed by atoms with van der Waals surface area (Å²) >= 11 is 8.76. The first-order valence-corrected chi connectivity index (χ1v) is 6.35. The van der Waals surface area contributed by atoms with Gasteiger partial charge in [0, 0.05) is 0 Å². The summed E-state index contributed by atoms with van der Waals surface area (Å²) in [6.07, 6.45) is 6.43. The largest absolute Gasteiger partial charge is 0.476 e. The molecule has 14 heavy (non-hydrogen) atoms. The maximum atomic E-state index is 5.36. The van der Waals surface area contributed by atoms with Crippen LogP contribution in [-0.2, 0) is 4.74 Å². The van der Waals surface area contributed by atoms with E-state index in [1.54, 1.807) is 0 Å². The first kappa shape index (κ1) is 14.2. The molecule has 0 aliphatic heterocycles. The van der Waals surface area contributed by atoms with Crippen LogP contribution in [0.15, 0.2) is 0 Å². The third kappa shape index (κ3) is 7.63. The van der Waals surface area contributed by atoms with Gasteiger partial charge in [-0.05, 0) is 31.5 Å². The van der Waals surface area contributed by atoms with Crippen molar-refractivity contribution in [3.63, 3.8) is 0 Å². The van der Waals surface area contributed by atoms with Crippen LogP contribution in [0.3, 0.4) is 0 Å². The van der Waals surface area contributed by atoms with Crippen molar-refractivity contribution in [2.45, 2.75) is 59.0 Å². The number of thiol groups is 1. The molecule has 0 saturated heterocycles. The molecule has 0 bridgehead atoms. The molecular formula is C11H22OS2. The third-order valence-electron chi connectivity index (χ3n) is 2.51. The molecule has 0 saturated carbocycles. The molecule has 84 valence electrons. The Balaban J connectivity index is 3.73. The number of hydrogen-bond acceptors (Lipinski definition) is 2. The topological polar surface area (TPSA) is 9.23 Å². The van der Waals surface area contributed by atoms with E-state index >= 15 is 0 Å². The summed E-state index contributed by atoms with van der Waals surface area (Å²) in [6, 6.07) is 0. The van der Waals surface area contributed by atoms with Crippen LogP contribution in [0.5, 0.6) is 0 Å². The van der Waals surface area contributed by atoms with E-state index in [0.717, 1.165) is 12.3 Å².